The van der Waals surface area contributed by atoms with E-state index < -0.39 is 5.97 Å². The monoisotopic (exact) mass is 311 g/mol. The number of phenolic OH excluding ortho intramolecular Hbond substituents is 1. The van der Waals surface area contributed by atoms with E-state index in [1.807, 2.05) is 6.92 Å². The Morgan fingerprint density at radius 2 is 2.19 bits per heavy atom. The Hall–Kier alpha value is -1.75. The molecule has 0 radical (unpaired) electrons. The number of ether oxygens (including phenoxy) is 1. The number of phenols is 1. The summed E-state index contributed by atoms with van der Waals surface area (Å²) in [6, 6.07) is 4.28. The van der Waals surface area contributed by atoms with Gasteiger partial charge >= 0.3 is 5.97 Å². The van der Waals surface area contributed by atoms with Gasteiger partial charge in [-0.3, -0.25) is 4.79 Å². The van der Waals surface area contributed by atoms with E-state index in [1.165, 1.54) is 18.2 Å². The first-order valence-electron chi connectivity index (χ1n) is 6.94. The molecule has 0 aliphatic carbocycles. The van der Waals surface area contributed by atoms with Crippen LogP contribution in [0.4, 0.5) is 0 Å². The number of benzene rings is 1. The fourth-order valence-electron chi connectivity index (χ4n) is 2.43. The van der Waals surface area contributed by atoms with Crippen molar-refractivity contribution in [3.8, 4) is 5.75 Å². The van der Waals surface area contributed by atoms with Crippen LogP contribution in [0.25, 0.3) is 0 Å². The van der Waals surface area contributed by atoms with Gasteiger partial charge in [0.15, 0.2) is 6.61 Å². The average molecular weight is 312 g/mol. The summed E-state index contributed by atoms with van der Waals surface area (Å²) in [7, 11) is 0. The maximum Gasteiger partial charge on any atom is 0.342 e. The standard InChI is InChI=1S/C15H18ClNO4/c1-10-4-2-3-7-17(10)14(19)9-21-15(20)12-6-5-11(16)8-13(12)18/h5-6,8,10,18H,2-4,7,9H2,1H3. The highest BCUT2D eigenvalue weighted by molar-refractivity contribution is 6.30. The van der Waals surface area contributed by atoms with Gasteiger partial charge < -0.3 is 14.7 Å². The van der Waals surface area contributed by atoms with Crippen LogP contribution >= 0.6 is 11.6 Å². The second kappa shape index (κ2) is 6.80. The molecule has 114 valence electrons. The van der Waals surface area contributed by atoms with Gasteiger partial charge in [0.05, 0.1) is 0 Å². The first-order chi connectivity index (χ1) is 9.99. The highest BCUT2D eigenvalue weighted by Gasteiger charge is 2.24. The lowest BCUT2D eigenvalue weighted by atomic mass is 10.0. The quantitative estimate of drug-likeness (QED) is 0.871. The molecule has 1 amide bonds. The van der Waals surface area contributed by atoms with Crippen molar-refractivity contribution in [3.63, 3.8) is 0 Å². The number of carbonyl (C=O) groups excluding carboxylic acids is 2. The summed E-state index contributed by atoms with van der Waals surface area (Å²) in [6.07, 6.45) is 3.06. The first-order valence-corrected chi connectivity index (χ1v) is 7.32. The van der Waals surface area contributed by atoms with Crippen LogP contribution in [-0.4, -0.2) is 41.1 Å². The molecule has 0 bridgehead atoms. The van der Waals surface area contributed by atoms with Gasteiger partial charge in [0.1, 0.15) is 11.3 Å². The third-order valence-electron chi connectivity index (χ3n) is 3.63. The van der Waals surface area contributed by atoms with Gasteiger partial charge in [-0.25, -0.2) is 4.79 Å². The van der Waals surface area contributed by atoms with Gasteiger partial charge in [-0.15, -0.1) is 0 Å². The summed E-state index contributed by atoms with van der Waals surface area (Å²) >= 11 is 5.69. The predicted molar refractivity (Wildman–Crippen MR) is 78.4 cm³/mol. The van der Waals surface area contributed by atoms with Crippen LogP contribution in [-0.2, 0) is 9.53 Å². The second-order valence-corrected chi connectivity index (χ2v) is 5.61. The molecule has 1 aromatic carbocycles. The van der Waals surface area contributed by atoms with E-state index in [9.17, 15) is 14.7 Å². The highest BCUT2D eigenvalue weighted by atomic mass is 35.5. The summed E-state index contributed by atoms with van der Waals surface area (Å²) in [5.74, 6) is -1.20. The zero-order valence-electron chi connectivity index (χ0n) is 11.8. The van der Waals surface area contributed by atoms with Crippen molar-refractivity contribution in [2.24, 2.45) is 0 Å². The summed E-state index contributed by atoms with van der Waals surface area (Å²) in [6.45, 7) is 2.37. The van der Waals surface area contributed by atoms with Gasteiger partial charge in [-0.05, 0) is 44.4 Å². The van der Waals surface area contributed by atoms with Gasteiger partial charge in [0.25, 0.3) is 5.91 Å². The third-order valence-corrected chi connectivity index (χ3v) is 3.86. The molecule has 1 aliphatic heterocycles. The number of amides is 1. The minimum Gasteiger partial charge on any atom is -0.507 e. The molecule has 1 aromatic rings. The van der Waals surface area contributed by atoms with Gasteiger partial charge in [-0.1, -0.05) is 11.6 Å². The van der Waals surface area contributed by atoms with E-state index >= 15 is 0 Å². The molecule has 1 saturated heterocycles. The molecule has 21 heavy (non-hydrogen) atoms. The largest absolute Gasteiger partial charge is 0.507 e. The fraction of sp³-hybridized carbons (Fsp3) is 0.467. The number of nitrogens with zero attached hydrogens (tertiary/aromatic N) is 1. The third kappa shape index (κ3) is 3.88. The Kier molecular flexibility index (Phi) is 5.07. The first kappa shape index (κ1) is 15.6. The maximum absolute atomic E-state index is 12.0. The molecular weight excluding hydrogens is 294 g/mol. The van der Waals surface area contributed by atoms with Crippen molar-refractivity contribution in [1.29, 1.82) is 0 Å². The Bertz CT molecular complexity index is 546. The van der Waals surface area contributed by atoms with Crippen molar-refractivity contribution in [3.05, 3.63) is 28.8 Å². The van der Waals surface area contributed by atoms with E-state index in [-0.39, 0.29) is 29.9 Å². The van der Waals surface area contributed by atoms with Crippen molar-refractivity contribution < 1.29 is 19.4 Å². The molecule has 1 heterocycles. The van der Waals surface area contributed by atoms with Crippen molar-refractivity contribution >= 4 is 23.5 Å². The number of likely N-dealkylation sites (tertiary alicyclic amines) is 1. The average Bonchev–Trinajstić information content (AvgIpc) is 2.45. The zero-order valence-corrected chi connectivity index (χ0v) is 12.6. The second-order valence-electron chi connectivity index (χ2n) is 5.17. The van der Waals surface area contributed by atoms with Crippen LogP contribution in [0.5, 0.6) is 5.75 Å². The number of rotatable bonds is 3. The number of hydrogen-bond donors (Lipinski definition) is 1. The normalized spacial score (nSPS) is 18.4. The van der Waals surface area contributed by atoms with E-state index in [0.717, 1.165) is 19.3 Å². The Labute approximate surface area is 128 Å². The molecule has 1 unspecified atom stereocenters. The number of aromatic hydroxyl groups is 1. The number of hydrogen-bond acceptors (Lipinski definition) is 4. The Morgan fingerprint density at radius 1 is 1.43 bits per heavy atom. The van der Waals surface area contributed by atoms with Crippen molar-refractivity contribution in [2.45, 2.75) is 32.2 Å². The molecule has 5 nitrogen and oxygen atoms in total. The van der Waals surface area contributed by atoms with Gasteiger partial charge in [-0.2, -0.15) is 0 Å². The van der Waals surface area contributed by atoms with E-state index in [0.29, 0.717) is 11.6 Å². The van der Waals surface area contributed by atoms with E-state index in [1.54, 1.807) is 4.90 Å². The molecule has 6 heteroatoms. The lowest BCUT2D eigenvalue weighted by molar-refractivity contribution is -0.137. The van der Waals surface area contributed by atoms with Crippen LogP contribution < -0.4 is 0 Å². The Morgan fingerprint density at radius 3 is 2.86 bits per heavy atom. The minimum atomic E-state index is -0.734. The van der Waals surface area contributed by atoms with Crippen LogP contribution in [0, 0.1) is 0 Å². The molecule has 1 aliphatic rings. The number of piperidine rings is 1. The highest BCUT2D eigenvalue weighted by Crippen LogP contribution is 2.22. The minimum absolute atomic E-state index is 0.00103. The lowest BCUT2D eigenvalue weighted by Gasteiger charge is -2.33. The number of esters is 1. The zero-order chi connectivity index (χ0) is 15.4. The Balaban J connectivity index is 1.92. The molecule has 1 atom stereocenters. The van der Waals surface area contributed by atoms with Crippen LogP contribution in [0.1, 0.15) is 36.5 Å². The fourth-order valence-corrected chi connectivity index (χ4v) is 2.60. The van der Waals surface area contributed by atoms with Crippen molar-refractivity contribution in [1.82, 2.24) is 4.90 Å². The molecule has 1 N–H and O–H groups in total. The smallest absolute Gasteiger partial charge is 0.342 e. The molecule has 0 spiro atoms. The summed E-state index contributed by atoms with van der Waals surface area (Å²) in [5.41, 5.74) is -0.00103. The van der Waals surface area contributed by atoms with Crippen molar-refractivity contribution in [2.75, 3.05) is 13.2 Å². The lowest BCUT2D eigenvalue weighted by Crippen LogP contribution is -2.44. The van der Waals surface area contributed by atoms with Crippen LogP contribution in [0.3, 0.4) is 0 Å². The molecule has 0 saturated carbocycles. The van der Waals surface area contributed by atoms with E-state index in [2.05, 4.69) is 0 Å². The molecule has 2 rings (SSSR count). The van der Waals surface area contributed by atoms with Gasteiger partial charge in [0, 0.05) is 17.6 Å². The summed E-state index contributed by atoms with van der Waals surface area (Å²) in [4.78, 5) is 25.6. The number of carbonyl (C=O) groups is 2. The SMILES string of the molecule is CC1CCCCN1C(=O)COC(=O)c1ccc(Cl)cc1O. The summed E-state index contributed by atoms with van der Waals surface area (Å²) < 4.78 is 4.98. The van der Waals surface area contributed by atoms with Crippen LogP contribution in [0.15, 0.2) is 18.2 Å². The predicted octanol–water partition coefficient (Wildman–Crippen LogP) is 2.60. The molecule has 1 fully saturated rings. The topological polar surface area (TPSA) is 66.8 Å². The molecule has 0 aromatic heterocycles. The molecular formula is C15H18ClNO4. The maximum atomic E-state index is 12.0. The van der Waals surface area contributed by atoms with Crippen LogP contribution in [0.2, 0.25) is 5.02 Å². The van der Waals surface area contributed by atoms with E-state index in [4.69, 9.17) is 16.3 Å². The van der Waals surface area contributed by atoms with Gasteiger partial charge in [0.2, 0.25) is 0 Å². The number of halogens is 1. The summed E-state index contributed by atoms with van der Waals surface area (Å²) in [5, 5.41) is 9.96.